The zero-order valence-electron chi connectivity index (χ0n) is 11.9. The number of thiazole rings is 1. The first-order valence-electron chi connectivity index (χ1n) is 6.60. The molecule has 0 bridgehead atoms. The summed E-state index contributed by atoms with van der Waals surface area (Å²) in [5, 5.41) is 18.9. The number of hydrogen-bond donors (Lipinski definition) is 2. The molecule has 2 heterocycles. The zero-order chi connectivity index (χ0) is 16.8. The van der Waals surface area contributed by atoms with E-state index in [1.807, 2.05) is 0 Å². The fourth-order valence-electron chi connectivity index (χ4n) is 1.86. The number of aromatic nitrogens is 3. The second-order valence-corrected chi connectivity index (χ2v) is 6.19. The lowest BCUT2D eigenvalue weighted by atomic mass is 10.2. The van der Waals surface area contributed by atoms with Crippen molar-refractivity contribution in [3.63, 3.8) is 0 Å². The van der Waals surface area contributed by atoms with Gasteiger partial charge in [0.15, 0.2) is 10.2 Å². The third-order valence-corrected chi connectivity index (χ3v) is 4.34. The number of aromatic hydroxyl groups is 1. The van der Waals surface area contributed by atoms with E-state index in [-0.39, 0.29) is 17.9 Å². The van der Waals surface area contributed by atoms with Crippen LogP contribution in [0, 0.1) is 3.95 Å². The van der Waals surface area contributed by atoms with Gasteiger partial charge in [-0.25, -0.2) is 9.97 Å². The third-order valence-electron chi connectivity index (χ3n) is 2.96. The molecular formula is C14H13N3O4S2. The van der Waals surface area contributed by atoms with Gasteiger partial charge in [0.05, 0.1) is 10.6 Å². The fourth-order valence-corrected chi connectivity index (χ4v) is 3.18. The van der Waals surface area contributed by atoms with Crippen LogP contribution in [-0.2, 0) is 16.1 Å². The second-order valence-electron chi connectivity index (χ2n) is 4.52. The molecule has 0 unspecified atom stereocenters. The number of carbonyl (C=O) groups excluding carboxylic acids is 1. The Kier molecular flexibility index (Phi) is 5.72. The van der Waals surface area contributed by atoms with E-state index in [0.29, 0.717) is 33.8 Å². The van der Waals surface area contributed by atoms with Crippen LogP contribution in [-0.4, -0.2) is 37.0 Å². The Labute approximate surface area is 140 Å². The van der Waals surface area contributed by atoms with Crippen molar-refractivity contribution in [1.29, 1.82) is 0 Å². The second kappa shape index (κ2) is 7.75. The highest BCUT2D eigenvalue weighted by atomic mass is 32.1. The Morgan fingerprint density at radius 1 is 1.48 bits per heavy atom. The largest absolute Gasteiger partial charge is 0.493 e. The molecule has 0 spiro atoms. The molecule has 23 heavy (non-hydrogen) atoms. The van der Waals surface area contributed by atoms with Gasteiger partial charge < -0.3 is 10.2 Å². The Balaban J connectivity index is 2.30. The molecule has 2 rings (SSSR count). The van der Waals surface area contributed by atoms with Gasteiger partial charge in [-0.05, 0) is 30.8 Å². The van der Waals surface area contributed by atoms with Gasteiger partial charge in [0, 0.05) is 24.7 Å². The number of carbonyl (C=O) groups is 2. The van der Waals surface area contributed by atoms with E-state index in [9.17, 15) is 14.7 Å². The minimum absolute atomic E-state index is 0.0112. The number of aliphatic carboxylic acids is 1. The summed E-state index contributed by atoms with van der Waals surface area (Å²) < 4.78 is 1.86. The van der Waals surface area contributed by atoms with Gasteiger partial charge in [0.2, 0.25) is 5.88 Å². The molecule has 0 amide bonds. The smallest absolute Gasteiger partial charge is 0.303 e. The third kappa shape index (κ3) is 4.30. The Morgan fingerprint density at radius 3 is 2.87 bits per heavy atom. The number of hydrogen-bond acceptors (Lipinski definition) is 7. The Hall–Kier alpha value is -2.39. The molecule has 2 N–H and O–H groups in total. The minimum atomic E-state index is -0.904. The standard InChI is InChI=1S/C14H13N3O4S2/c18-7-9(10-3-4-15-8-16-10)6-11-13(21)17(14(22)23-11)5-1-2-12(19)20/h3-4,6-8,21H,1-2,5H2,(H,19,20). The van der Waals surface area contributed by atoms with E-state index in [4.69, 9.17) is 17.3 Å². The highest BCUT2D eigenvalue weighted by molar-refractivity contribution is 7.73. The van der Waals surface area contributed by atoms with E-state index in [1.54, 1.807) is 6.07 Å². The molecule has 2 aromatic heterocycles. The summed E-state index contributed by atoms with van der Waals surface area (Å²) in [5.41, 5.74) is 0.725. The summed E-state index contributed by atoms with van der Waals surface area (Å²) >= 11 is 6.32. The van der Waals surface area contributed by atoms with Crippen LogP contribution in [0.1, 0.15) is 23.4 Å². The first-order chi connectivity index (χ1) is 11.0. The van der Waals surface area contributed by atoms with Crippen molar-refractivity contribution in [3.8, 4) is 5.88 Å². The molecule has 0 saturated heterocycles. The van der Waals surface area contributed by atoms with Crippen LogP contribution in [0.2, 0.25) is 0 Å². The lowest BCUT2D eigenvalue weighted by Gasteiger charge is -2.03. The number of allylic oxidation sites excluding steroid dienone is 1. The molecule has 0 saturated carbocycles. The molecular weight excluding hydrogens is 338 g/mol. The highest BCUT2D eigenvalue weighted by Gasteiger charge is 2.12. The summed E-state index contributed by atoms with van der Waals surface area (Å²) in [5.74, 6) is -0.989. The molecule has 0 fully saturated rings. The molecule has 0 aromatic carbocycles. The monoisotopic (exact) mass is 351 g/mol. The first-order valence-corrected chi connectivity index (χ1v) is 7.83. The van der Waals surface area contributed by atoms with Gasteiger partial charge in [-0.3, -0.25) is 14.2 Å². The summed E-state index contributed by atoms with van der Waals surface area (Å²) in [6.07, 6.45) is 5.31. The van der Waals surface area contributed by atoms with Crippen molar-refractivity contribution in [1.82, 2.24) is 14.5 Å². The number of nitrogens with zero attached hydrogens (tertiary/aromatic N) is 3. The van der Waals surface area contributed by atoms with Crippen LogP contribution in [0.5, 0.6) is 5.88 Å². The van der Waals surface area contributed by atoms with E-state index in [0.717, 1.165) is 11.3 Å². The van der Waals surface area contributed by atoms with E-state index in [1.165, 1.54) is 23.2 Å². The number of rotatable bonds is 7. The number of aldehydes is 1. The maximum absolute atomic E-state index is 11.3. The van der Waals surface area contributed by atoms with Gasteiger partial charge in [-0.15, -0.1) is 11.3 Å². The number of carboxylic acids is 1. The first kappa shape index (κ1) is 17.0. The van der Waals surface area contributed by atoms with Crippen LogP contribution in [0.4, 0.5) is 0 Å². The molecule has 0 aliphatic heterocycles. The van der Waals surface area contributed by atoms with Gasteiger partial charge in [0.1, 0.15) is 6.33 Å². The maximum Gasteiger partial charge on any atom is 0.303 e. The van der Waals surface area contributed by atoms with Crippen molar-refractivity contribution in [2.24, 2.45) is 0 Å². The average molecular weight is 351 g/mol. The molecule has 0 aliphatic rings. The fraction of sp³-hybridized carbons (Fsp3) is 0.214. The molecule has 0 aliphatic carbocycles. The summed E-state index contributed by atoms with van der Waals surface area (Å²) in [4.78, 5) is 30.0. The van der Waals surface area contributed by atoms with Crippen molar-refractivity contribution in [3.05, 3.63) is 33.1 Å². The van der Waals surface area contributed by atoms with Gasteiger partial charge >= 0.3 is 5.97 Å². The van der Waals surface area contributed by atoms with Crippen LogP contribution < -0.4 is 0 Å². The summed E-state index contributed by atoms with van der Waals surface area (Å²) in [6, 6.07) is 1.58. The molecule has 2 aromatic rings. The van der Waals surface area contributed by atoms with E-state index < -0.39 is 5.97 Å². The Morgan fingerprint density at radius 2 is 2.26 bits per heavy atom. The highest BCUT2D eigenvalue weighted by Crippen LogP contribution is 2.30. The molecule has 120 valence electrons. The lowest BCUT2D eigenvalue weighted by molar-refractivity contribution is -0.137. The summed E-state index contributed by atoms with van der Waals surface area (Å²) in [6.45, 7) is 0.297. The molecule has 9 heteroatoms. The van der Waals surface area contributed by atoms with Crippen molar-refractivity contribution in [2.75, 3.05) is 0 Å². The predicted molar refractivity (Wildman–Crippen MR) is 87.6 cm³/mol. The minimum Gasteiger partial charge on any atom is -0.493 e. The van der Waals surface area contributed by atoms with Gasteiger partial charge in [-0.2, -0.15) is 0 Å². The van der Waals surface area contributed by atoms with Crippen LogP contribution in [0.3, 0.4) is 0 Å². The topological polar surface area (TPSA) is 105 Å². The van der Waals surface area contributed by atoms with E-state index in [2.05, 4.69) is 9.97 Å². The zero-order valence-corrected chi connectivity index (χ0v) is 13.5. The van der Waals surface area contributed by atoms with E-state index >= 15 is 0 Å². The van der Waals surface area contributed by atoms with Crippen LogP contribution >= 0.6 is 23.6 Å². The van der Waals surface area contributed by atoms with Crippen molar-refractivity contribution >= 4 is 47.5 Å². The van der Waals surface area contributed by atoms with Crippen LogP contribution in [0.15, 0.2) is 18.6 Å². The predicted octanol–water partition coefficient (Wildman–Crippen LogP) is 2.38. The number of carboxylic acid groups (broad SMARTS) is 1. The molecule has 0 radical (unpaired) electrons. The maximum atomic E-state index is 11.3. The Bertz CT molecular complexity index is 796. The SMILES string of the molecule is O=CC(=Cc1sc(=S)n(CCCC(=O)O)c1O)c1ccncn1. The van der Waals surface area contributed by atoms with Crippen molar-refractivity contribution < 1.29 is 19.8 Å². The normalized spacial score (nSPS) is 11.4. The molecule has 7 nitrogen and oxygen atoms in total. The van der Waals surface area contributed by atoms with Gasteiger partial charge in [-0.1, -0.05) is 0 Å². The average Bonchev–Trinajstić information content (AvgIpc) is 2.80. The summed E-state index contributed by atoms with van der Waals surface area (Å²) in [7, 11) is 0. The van der Waals surface area contributed by atoms with Crippen molar-refractivity contribution in [2.45, 2.75) is 19.4 Å². The molecule has 0 atom stereocenters. The lowest BCUT2D eigenvalue weighted by Crippen LogP contribution is -2.01. The van der Waals surface area contributed by atoms with Crippen LogP contribution in [0.25, 0.3) is 11.6 Å². The quantitative estimate of drug-likeness (QED) is 0.448. The van der Waals surface area contributed by atoms with Gasteiger partial charge in [0.25, 0.3) is 0 Å².